The highest BCUT2D eigenvalue weighted by molar-refractivity contribution is 5.62. The van der Waals surface area contributed by atoms with Crippen molar-refractivity contribution in [2.75, 3.05) is 60.9 Å². The zero-order valence-electron chi connectivity index (χ0n) is 18.1. The second kappa shape index (κ2) is 8.99. The number of likely N-dealkylation sites (N-methyl/N-ethyl adjacent to an activating group) is 1. The number of rotatable bonds is 5. The molecule has 2 aromatic rings. The van der Waals surface area contributed by atoms with Gasteiger partial charge in [-0.25, -0.2) is 4.98 Å². The van der Waals surface area contributed by atoms with Gasteiger partial charge >= 0.3 is 0 Å². The number of anilines is 4. The molecule has 156 valence electrons. The summed E-state index contributed by atoms with van der Waals surface area (Å²) in [6.45, 7) is 14.2. The van der Waals surface area contributed by atoms with Crippen molar-refractivity contribution in [2.24, 2.45) is 5.92 Å². The molecule has 0 amide bonds. The van der Waals surface area contributed by atoms with Crippen LogP contribution in [0.1, 0.15) is 32.4 Å². The summed E-state index contributed by atoms with van der Waals surface area (Å²) in [6, 6.07) is 10.8. The average molecular weight is 395 g/mol. The van der Waals surface area contributed by atoms with Crippen LogP contribution < -0.4 is 15.1 Å². The number of nitrogens with zero attached hydrogens (tertiary/aromatic N) is 5. The molecule has 2 aliphatic rings. The smallest absolute Gasteiger partial charge is 0.227 e. The summed E-state index contributed by atoms with van der Waals surface area (Å²) < 4.78 is 0. The van der Waals surface area contributed by atoms with Crippen molar-refractivity contribution in [3.8, 4) is 0 Å². The minimum Gasteiger partial charge on any atom is -0.372 e. The molecule has 1 aromatic heterocycles. The minimum absolute atomic E-state index is 0.835. The number of aryl methyl sites for hydroxylation is 1. The molecule has 2 aliphatic heterocycles. The van der Waals surface area contributed by atoms with Gasteiger partial charge < -0.3 is 20.0 Å². The first-order chi connectivity index (χ1) is 14.1. The van der Waals surface area contributed by atoms with Crippen LogP contribution in [0.3, 0.4) is 0 Å². The normalized spacial score (nSPS) is 18.9. The first-order valence-electron chi connectivity index (χ1n) is 11.1. The van der Waals surface area contributed by atoms with Gasteiger partial charge in [0.25, 0.3) is 0 Å². The molecule has 2 saturated heterocycles. The molecule has 0 radical (unpaired) electrons. The van der Waals surface area contributed by atoms with Gasteiger partial charge in [0.2, 0.25) is 5.95 Å². The zero-order chi connectivity index (χ0) is 20.2. The van der Waals surface area contributed by atoms with E-state index < -0.39 is 0 Å². The third-order valence-electron chi connectivity index (χ3n) is 6.23. The van der Waals surface area contributed by atoms with E-state index in [1.54, 1.807) is 0 Å². The van der Waals surface area contributed by atoms with Gasteiger partial charge in [-0.05, 0) is 56.5 Å². The first kappa shape index (κ1) is 20.0. The van der Waals surface area contributed by atoms with Gasteiger partial charge in [0, 0.05) is 62.4 Å². The Morgan fingerprint density at radius 3 is 2.28 bits per heavy atom. The Morgan fingerprint density at radius 1 is 0.931 bits per heavy atom. The van der Waals surface area contributed by atoms with Crippen molar-refractivity contribution in [1.29, 1.82) is 0 Å². The number of hydrogen-bond donors (Lipinski definition) is 1. The Balaban J connectivity index is 1.42. The standard InChI is InChI=1S/C23H34N6/c1-4-27-13-15-29(16-14-27)23-24-19(3)17-22(26-23)25-20-5-7-21(8-6-20)28-11-9-18(2)10-12-28/h5-8,17-18H,4,9-16H2,1-3H3,(H,24,25,26). The minimum atomic E-state index is 0.835. The molecule has 4 rings (SSSR count). The summed E-state index contributed by atoms with van der Waals surface area (Å²) in [5.74, 6) is 2.56. The number of piperazine rings is 1. The summed E-state index contributed by atoms with van der Waals surface area (Å²) in [6.07, 6.45) is 2.57. The predicted octanol–water partition coefficient (Wildman–Crippen LogP) is 3.91. The van der Waals surface area contributed by atoms with Gasteiger partial charge in [-0.1, -0.05) is 13.8 Å². The Morgan fingerprint density at radius 2 is 1.62 bits per heavy atom. The van der Waals surface area contributed by atoms with E-state index in [9.17, 15) is 0 Å². The molecule has 0 saturated carbocycles. The topological polar surface area (TPSA) is 47.5 Å². The summed E-state index contributed by atoms with van der Waals surface area (Å²) in [5, 5.41) is 3.47. The molecule has 6 heteroatoms. The number of piperidine rings is 1. The van der Waals surface area contributed by atoms with Crippen LogP contribution in [0.5, 0.6) is 0 Å². The van der Waals surface area contributed by atoms with Crippen LogP contribution in [-0.4, -0.2) is 60.7 Å². The quantitative estimate of drug-likeness (QED) is 0.830. The number of nitrogens with one attached hydrogen (secondary N) is 1. The van der Waals surface area contributed by atoms with Crippen molar-refractivity contribution >= 4 is 23.1 Å². The lowest BCUT2D eigenvalue weighted by molar-refractivity contribution is 0.270. The Kier molecular flexibility index (Phi) is 6.19. The highest BCUT2D eigenvalue weighted by Crippen LogP contribution is 2.26. The molecule has 3 heterocycles. The SMILES string of the molecule is CCN1CCN(c2nc(C)cc(Nc3ccc(N4CCC(C)CC4)cc3)n2)CC1. The Hall–Kier alpha value is -2.34. The second-order valence-electron chi connectivity index (χ2n) is 8.46. The van der Waals surface area contributed by atoms with E-state index in [0.717, 1.165) is 74.9 Å². The molecule has 0 aliphatic carbocycles. The van der Waals surface area contributed by atoms with Crippen LogP contribution in [0.25, 0.3) is 0 Å². The molecule has 2 fully saturated rings. The molecule has 1 aromatic carbocycles. The molecule has 6 nitrogen and oxygen atoms in total. The molecule has 0 unspecified atom stereocenters. The van der Waals surface area contributed by atoms with Gasteiger partial charge in [0.1, 0.15) is 5.82 Å². The third-order valence-corrected chi connectivity index (χ3v) is 6.23. The third kappa shape index (κ3) is 4.99. The van der Waals surface area contributed by atoms with Crippen molar-refractivity contribution in [3.05, 3.63) is 36.0 Å². The average Bonchev–Trinajstić information content (AvgIpc) is 2.75. The van der Waals surface area contributed by atoms with Crippen LogP contribution in [0, 0.1) is 12.8 Å². The van der Waals surface area contributed by atoms with Crippen molar-refractivity contribution in [3.63, 3.8) is 0 Å². The maximum atomic E-state index is 4.80. The van der Waals surface area contributed by atoms with Crippen molar-refractivity contribution in [2.45, 2.75) is 33.6 Å². The first-order valence-corrected chi connectivity index (χ1v) is 11.1. The van der Waals surface area contributed by atoms with Crippen LogP contribution in [-0.2, 0) is 0 Å². The van der Waals surface area contributed by atoms with E-state index in [0.29, 0.717) is 0 Å². The molecule has 0 bridgehead atoms. The summed E-state index contributed by atoms with van der Waals surface area (Å²) in [4.78, 5) is 16.7. The fourth-order valence-corrected chi connectivity index (χ4v) is 4.19. The van der Waals surface area contributed by atoms with Gasteiger partial charge in [-0.3, -0.25) is 0 Å². The zero-order valence-corrected chi connectivity index (χ0v) is 18.1. The number of hydrogen-bond acceptors (Lipinski definition) is 6. The lowest BCUT2D eigenvalue weighted by Crippen LogP contribution is -2.46. The predicted molar refractivity (Wildman–Crippen MR) is 121 cm³/mol. The number of aromatic nitrogens is 2. The summed E-state index contributed by atoms with van der Waals surface area (Å²) in [5.41, 5.74) is 3.38. The van der Waals surface area contributed by atoms with Crippen molar-refractivity contribution in [1.82, 2.24) is 14.9 Å². The molecular weight excluding hydrogens is 360 g/mol. The van der Waals surface area contributed by atoms with E-state index in [4.69, 9.17) is 4.98 Å². The fraction of sp³-hybridized carbons (Fsp3) is 0.565. The van der Waals surface area contributed by atoms with E-state index in [1.165, 1.54) is 18.5 Å². The summed E-state index contributed by atoms with van der Waals surface area (Å²) in [7, 11) is 0. The molecular formula is C23H34N6. The maximum absolute atomic E-state index is 4.80. The molecule has 29 heavy (non-hydrogen) atoms. The van der Waals surface area contributed by atoms with E-state index in [1.807, 2.05) is 13.0 Å². The number of benzene rings is 1. The van der Waals surface area contributed by atoms with Crippen molar-refractivity contribution < 1.29 is 0 Å². The van der Waals surface area contributed by atoms with E-state index >= 15 is 0 Å². The van der Waals surface area contributed by atoms with Gasteiger partial charge in [0.15, 0.2) is 0 Å². The van der Waals surface area contributed by atoms with Crippen LogP contribution >= 0.6 is 0 Å². The Labute approximate surface area is 174 Å². The van der Waals surface area contributed by atoms with E-state index in [2.05, 4.69) is 63.1 Å². The largest absolute Gasteiger partial charge is 0.372 e. The lowest BCUT2D eigenvalue weighted by atomic mass is 9.99. The maximum Gasteiger partial charge on any atom is 0.227 e. The van der Waals surface area contributed by atoms with Crippen LogP contribution in [0.4, 0.5) is 23.1 Å². The molecule has 0 spiro atoms. The van der Waals surface area contributed by atoms with Gasteiger partial charge in [-0.15, -0.1) is 0 Å². The van der Waals surface area contributed by atoms with E-state index in [-0.39, 0.29) is 0 Å². The fourth-order valence-electron chi connectivity index (χ4n) is 4.19. The van der Waals surface area contributed by atoms with Gasteiger partial charge in [-0.2, -0.15) is 4.98 Å². The lowest BCUT2D eigenvalue weighted by Gasteiger charge is -2.34. The highest BCUT2D eigenvalue weighted by Gasteiger charge is 2.19. The highest BCUT2D eigenvalue weighted by atomic mass is 15.3. The second-order valence-corrected chi connectivity index (χ2v) is 8.46. The summed E-state index contributed by atoms with van der Waals surface area (Å²) >= 11 is 0. The molecule has 0 atom stereocenters. The van der Waals surface area contributed by atoms with Crippen LogP contribution in [0.15, 0.2) is 30.3 Å². The monoisotopic (exact) mass is 394 g/mol. The van der Waals surface area contributed by atoms with Crippen LogP contribution in [0.2, 0.25) is 0 Å². The Bertz CT molecular complexity index is 790. The molecule has 1 N–H and O–H groups in total. The van der Waals surface area contributed by atoms with Gasteiger partial charge in [0.05, 0.1) is 0 Å².